The number of benzene rings is 1. The third-order valence-electron chi connectivity index (χ3n) is 10.2. The molecule has 4 fully saturated rings. The topological polar surface area (TPSA) is 153 Å². The van der Waals surface area contributed by atoms with Crippen LogP contribution in [0.1, 0.15) is 61.4 Å². The van der Waals surface area contributed by atoms with Gasteiger partial charge >= 0.3 is 0 Å². The predicted octanol–water partition coefficient (Wildman–Crippen LogP) is 0.879. The molecule has 2 aliphatic carbocycles. The van der Waals surface area contributed by atoms with Crippen LogP contribution in [0.2, 0.25) is 0 Å². The van der Waals surface area contributed by atoms with Crippen LogP contribution in [-0.4, -0.2) is 78.8 Å². The molecule has 4 unspecified atom stereocenters. The first-order chi connectivity index (χ1) is 18.4. The summed E-state index contributed by atoms with van der Waals surface area (Å²) in [5, 5.41) is 5.77. The highest BCUT2D eigenvalue weighted by atomic mass is 32.2. The summed E-state index contributed by atoms with van der Waals surface area (Å²) in [5.41, 5.74) is 0.679. The third-order valence-corrected chi connectivity index (χ3v) is 11.0. The van der Waals surface area contributed by atoms with Gasteiger partial charge in [0.15, 0.2) is 0 Å². The van der Waals surface area contributed by atoms with Crippen LogP contribution in [0.3, 0.4) is 0 Å². The molecule has 0 spiro atoms. The van der Waals surface area contributed by atoms with Gasteiger partial charge in [-0.3, -0.25) is 29.0 Å². The Bertz CT molecular complexity index is 1380. The van der Waals surface area contributed by atoms with Gasteiger partial charge in [0, 0.05) is 56.3 Å². The van der Waals surface area contributed by atoms with Gasteiger partial charge in [0.05, 0.1) is 11.2 Å². The number of carbonyl (C=O) groups is 4. The van der Waals surface area contributed by atoms with E-state index in [0.717, 1.165) is 24.2 Å². The minimum atomic E-state index is -4.33. The maximum atomic E-state index is 13.1. The molecule has 1 aromatic carbocycles. The number of rotatable bonds is 6. The van der Waals surface area contributed by atoms with Gasteiger partial charge in [0.1, 0.15) is 11.8 Å². The summed E-state index contributed by atoms with van der Waals surface area (Å²) in [7, 11) is -4.33. The number of ketones is 1. The van der Waals surface area contributed by atoms with Crippen LogP contribution in [0, 0.1) is 16.7 Å². The SMILES string of the molecule is CC1(CC2CNCCN2c2ccc3c(c2)CN([C@H]2CCC(=O)NC2=O)C3=O)C2CCC1(CS(=O)(=O)O)C(=O)C2. The Kier molecular flexibility index (Phi) is 6.16. The number of anilines is 1. The van der Waals surface area contributed by atoms with Crippen LogP contribution in [0.5, 0.6) is 0 Å². The molecule has 11 nitrogen and oxygen atoms in total. The average molecular weight is 559 g/mol. The van der Waals surface area contributed by atoms with Crippen molar-refractivity contribution >= 4 is 39.3 Å². The van der Waals surface area contributed by atoms with E-state index in [-0.39, 0.29) is 42.5 Å². The second-order valence-electron chi connectivity index (χ2n) is 12.1. The molecule has 3 heterocycles. The van der Waals surface area contributed by atoms with Crippen LogP contribution < -0.4 is 15.5 Å². The smallest absolute Gasteiger partial charge is 0.265 e. The number of amides is 3. The quantitative estimate of drug-likeness (QED) is 0.341. The van der Waals surface area contributed by atoms with E-state index in [1.54, 1.807) is 6.07 Å². The number of nitrogens with one attached hydrogen (secondary N) is 2. The van der Waals surface area contributed by atoms with Crippen molar-refractivity contribution < 1.29 is 32.1 Å². The highest BCUT2D eigenvalue weighted by Gasteiger charge is 2.67. The fraction of sp³-hybridized carbons (Fsp3) is 0.630. The molecule has 5 atom stereocenters. The molecular formula is C27H34N4O7S. The van der Waals surface area contributed by atoms with E-state index >= 15 is 0 Å². The zero-order valence-electron chi connectivity index (χ0n) is 21.9. The van der Waals surface area contributed by atoms with Gasteiger partial charge in [0.25, 0.3) is 16.0 Å². The largest absolute Gasteiger partial charge is 0.366 e. The lowest BCUT2D eigenvalue weighted by atomic mass is 9.65. The molecule has 2 bridgehead atoms. The fourth-order valence-electron chi connectivity index (χ4n) is 8.12. The molecule has 12 heteroatoms. The number of fused-ring (bicyclic) bond motifs is 3. The van der Waals surface area contributed by atoms with E-state index < -0.39 is 38.6 Å². The summed E-state index contributed by atoms with van der Waals surface area (Å²) < 4.78 is 33.8. The number of hydrogen-bond acceptors (Lipinski definition) is 8. The van der Waals surface area contributed by atoms with Crippen molar-refractivity contribution in [2.45, 2.75) is 64.1 Å². The molecule has 2 saturated heterocycles. The minimum Gasteiger partial charge on any atom is -0.366 e. The van der Waals surface area contributed by atoms with Crippen LogP contribution in [0.25, 0.3) is 0 Å². The lowest BCUT2D eigenvalue weighted by molar-refractivity contribution is -0.137. The lowest BCUT2D eigenvalue weighted by Gasteiger charge is -2.46. The van der Waals surface area contributed by atoms with Gasteiger partial charge < -0.3 is 15.1 Å². The van der Waals surface area contributed by atoms with Crippen molar-refractivity contribution in [1.29, 1.82) is 0 Å². The van der Waals surface area contributed by atoms with Gasteiger partial charge in [0.2, 0.25) is 11.8 Å². The van der Waals surface area contributed by atoms with Crippen LogP contribution >= 0.6 is 0 Å². The van der Waals surface area contributed by atoms with Gasteiger partial charge in [-0.05, 0) is 60.8 Å². The Balaban J connectivity index is 1.26. The van der Waals surface area contributed by atoms with E-state index in [1.807, 2.05) is 19.1 Å². The molecule has 3 amide bonds. The van der Waals surface area contributed by atoms with Crippen molar-refractivity contribution in [1.82, 2.24) is 15.5 Å². The molecule has 210 valence electrons. The van der Waals surface area contributed by atoms with Crippen molar-refractivity contribution in [2.24, 2.45) is 16.7 Å². The summed E-state index contributed by atoms with van der Waals surface area (Å²) in [6.07, 6.45) is 2.71. The summed E-state index contributed by atoms with van der Waals surface area (Å²) in [4.78, 5) is 54.1. The number of imide groups is 1. The maximum Gasteiger partial charge on any atom is 0.265 e. The van der Waals surface area contributed by atoms with E-state index in [9.17, 15) is 32.1 Å². The molecule has 39 heavy (non-hydrogen) atoms. The highest BCUT2D eigenvalue weighted by Crippen LogP contribution is 2.66. The first-order valence-electron chi connectivity index (χ1n) is 13.7. The average Bonchev–Trinajstić information content (AvgIpc) is 3.39. The Hall–Kier alpha value is -2.83. The molecular weight excluding hydrogens is 524 g/mol. The molecule has 6 rings (SSSR count). The molecule has 5 aliphatic rings. The Morgan fingerprint density at radius 1 is 1.13 bits per heavy atom. The number of hydrogen-bond donors (Lipinski definition) is 3. The molecule has 0 radical (unpaired) electrons. The summed E-state index contributed by atoms with van der Waals surface area (Å²) in [6.45, 7) is 4.43. The van der Waals surface area contributed by atoms with Crippen LogP contribution in [-0.2, 0) is 31.0 Å². The Morgan fingerprint density at radius 3 is 2.64 bits per heavy atom. The van der Waals surface area contributed by atoms with Gasteiger partial charge in [-0.25, -0.2) is 0 Å². The third kappa shape index (κ3) is 4.18. The van der Waals surface area contributed by atoms with Crippen molar-refractivity contribution in [3.63, 3.8) is 0 Å². The number of piperazine rings is 1. The minimum absolute atomic E-state index is 0.0163. The second-order valence-corrected chi connectivity index (χ2v) is 13.5. The van der Waals surface area contributed by atoms with E-state index in [2.05, 4.69) is 15.5 Å². The molecule has 1 aromatic rings. The standard InChI is InChI=1S/C27H34N4O7S/c1-26(17-6-7-27(26,22(32)11-17)15-39(36,37)38)12-19-13-28-8-9-30(19)18-2-3-20-16(10-18)14-31(25(20)35)21-4-5-23(33)29-24(21)34/h2-3,10,17,19,21,28H,4-9,11-15H2,1H3,(H,29,33,34)(H,36,37,38)/t17?,19?,21-,26?,27?/m0/s1. The van der Waals surface area contributed by atoms with Crippen LogP contribution in [0.15, 0.2) is 18.2 Å². The molecule has 3 N–H and O–H groups in total. The lowest BCUT2D eigenvalue weighted by Crippen LogP contribution is -2.55. The summed E-state index contributed by atoms with van der Waals surface area (Å²) in [6, 6.07) is 5.00. The second kappa shape index (κ2) is 9.10. The Morgan fingerprint density at radius 2 is 1.92 bits per heavy atom. The van der Waals surface area contributed by atoms with Crippen molar-refractivity contribution in [3.05, 3.63) is 29.3 Å². The number of carbonyl (C=O) groups excluding carboxylic acids is 4. The first kappa shape index (κ1) is 26.4. The van der Waals surface area contributed by atoms with Gasteiger partial charge in [-0.15, -0.1) is 0 Å². The molecule has 3 aliphatic heterocycles. The first-order valence-corrected chi connectivity index (χ1v) is 15.3. The number of nitrogens with zero attached hydrogens (tertiary/aromatic N) is 2. The monoisotopic (exact) mass is 558 g/mol. The van der Waals surface area contributed by atoms with Gasteiger partial charge in [-0.1, -0.05) is 6.92 Å². The number of Topliss-reactive ketones (excluding diaryl/α,β-unsaturated/α-hetero) is 1. The van der Waals surface area contributed by atoms with E-state index in [1.165, 1.54) is 4.90 Å². The number of piperidine rings is 1. The van der Waals surface area contributed by atoms with Gasteiger partial charge in [-0.2, -0.15) is 8.42 Å². The molecule has 2 saturated carbocycles. The predicted molar refractivity (Wildman–Crippen MR) is 140 cm³/mol. The van der Waals surface area contributed by atoms with E-state index in [4.69, 9.17) is 0 Å². The molecule has 0 aromatic heterocycles. The maximum absolute atomic E-state index is 13.1. The Labute approximate surface area is 227 Å². The zero-order chi connectivity index (χ0) is 27.7. The fourth-order valence-corrected chi connectivity index (χ4v) is 9.38. The summed E-state index contributed by atoms with van der Waals surface area (Å²) >= 11 is 0. The van der Waals surface area contributed by atoms with Crippen molar-refractivity contribution in [3.8, 4) is 0 Å². The normalized spacial score (nSPS) is 34.6. The van der Waals surface area contributed by atoms with Crippen molar-refractivity contribution in [2.75, 3.05) is 30.3 Å². The van der Waals surface area contributed by atoms with E-state index in [0.29, 0.717) is 44.3 Å². The summed E-state index contributed by atoms with van der Waals surface area (Å²) in [5.74, 6) is -1.49. The highest BCUT2D eigenvalue weighted by molar-refractivity contribution is 7.85. The van der Waals surface area contributed by atoms with Crippen LogP contribution in [0.4, 0.5) is 5.69 Å². The zero-order valence-corrected chi connectivity index (χ0v) is 22.8.